The molecule has 0 aromatic heterocycles. The van der Waals surface area contributed by atoms with Crippen LogP contribution in [-0.2, 0) is 4.79 Å². The van der Waals surface area contributed by atoms with Gasteiger partial charge in [0.25, 0.3) is 0 Å². The van der Waals surface area contributed by atoms with Gasteiger partial charge < -0.3 is 5.11 Å². The summed E-state index contributed by atoms with van der Waals surface area (Å²) in [5.41, 5.74) is 0.988. The fraction of sp³-hybridized carbons (Fsp3) is 0.571. The Bertz CT molecular complexity index is 125. The van der Waals surface area contributed by atoms with Crippen molar-refractivity contribution in [2.45, 2.75) is 26.7 Å². The van der Waals surface area contributed by atoms with E-state index in [2.05, 4.69) is 0 Å². The molecule has 52 valence electrons. The highest BCUT2D eigenvalue weighted by molar-refractivity contribution is 5.69. The van der Waals surface area contributed by atoms with Gasteiger partial charge in [-0.15, -0.1) is 0 Å². The number of hydrogen-bond donors (Lipinski definition) is 1. The van der Waals surface area contributed by atoms with Crippen LogP contribution in [0.4, 0.5) is 0 Å². The molecule has 0 aromatic rings. The van der Waals surface area contributed by atoms with Crippen LogP contribution < -0.4 is 0 Å². The Morgan fingerprint density at radius 3 is 2.33 bits per heavy atom. The van der Waals surface area contributed by atoms with Gasteiger partial charge in [-0.1, -0.05) is 18.6 Å². The van der Waals surface area contributed by atoms with Crippen molar-refractivity contribution in [2.75, 3.05) is 0 Å². The quantitative estimate of drug-likeness (QED) is 0.588. The molecule has 2 heteroatoms. The molecule has 2 nitrogen and oxygen atoms in total. The Hall–Kier alpha value is -0.790. The molecule has 0 aromatic carbocycles. The monoisotopic (exact) mass is 128 g/mol. The van der Waals surface area contributed by atoms with Crippen molar-refractivity contribution in [3.8, 4) is 0 Å². The van der Waals surface area contributed by atoms with E-state index in [0.29, 0.717) is 0 Å². The number of carboxylic acids is 1. The van der Waals surface area contributed by atoms with Gasteiger partial charge in [-0.3, -0.25) is 4.79 Å². The average Bonchev–Trinajstić information content (AvgIpc) is 1.82. The van der Waals surface area contributed by atoms with Crippen molar-refractivity contribution in [1.82, 2.24) is 0 Å². The van der Waals surface area contributed by atoms with E-state index in [0.717, 1.165) is 12.0 Å². The molecule has 0 aliphatic rings. The molecule has 0 bridgehead atoms. The Labute approximate surface area is 55.2 Å². The summed E-state index contributed by atoms with van der Waals surface area (Å²) in [6.45, 7) is 3.82. The second-order valence-corrected chi connectivity index (χ2v) is 1.87. The van der Waals surface area contributed by atoms with Crippen LogP contribution in [0.5, 0.6) is 0 Å². The maximum absolute atomic E-state index is 10.1. The van der Waals surface area contributed by atoms with Gasteiger partial charge in [0.15, 0.2) is 0 Å². The van der Waals surface area contributed by atoms with E-state index in [1.807, 2.05) is 19.9 Å². The van der Waals surface area contributed by atoms with Crippen molar-refractivity contribution >= 4 is 5.97 Å². The van der Waals surface area contributed by atoms with E-state index in [4.69, 9.17) is 5.11 Å². The van der Waals surface area contributed by atoms with E-state index in [1.165, 1.54) is 0 Å². The van der Waals surface area contributed by atoms with Gasteiger partial charge in [-0.05, 0) is 13.3 Å². The molecule has 0 rings (SSSR count). The van der Waals surface area contributed by atoms with Gasteiger partial charge in [0, 0.05) is 0 Å². The van der Waals surface area contributed by atoms with Crippen LogP contribution in [0.1, 0.15) is 26.7 Å². The summed E-state index contributed by atoms with van der Waals surface area (Å²) >= 11 is 0. The first kappa shape index (κ1) is 8.21. The predicted molar refractivity (Wildman–Crippen MR) is 36.3 cm³/mol. The second-order valence-electron chi connectivity index (χ2n) is 1.87. The van der Waals surface area contributed by atoms with Gasteiger partial charge >= 0.3 is 5.97 Å². The zero-order valence-corrected chi connectivity index (χ0v) is 5.85. The van der Waals surface area contributed by atoms with E-state index >= 15 is 0 Å². The maximum atomic E-state index is 10.1. The molecule has 9 heavy (non-hydrogen) atoms. The summed E-state index contributed by atoms with van der Waals surface area (Å²) in [6, 6.07) is 0. The molecule has 1 N–H and O–H groups in total. The van der Waals surface area contributed by atoms with Crippen LogP contribution in [0.25, 0.3) is 0 Å². The van der Waals surface area contributed by atoms with Crippen LogP contribution >= 0.6 is 0 Å². The lowest BCUT2D eigenvalue weighted by Gasteiger charge is -1.95. The summed E-state index contributed by atoms with van der Waals surface area (Å²) < 4.78 is 0. The van der Waals surface area contributed by atoms with Gasteiger partial charge in [0.1, 0.15) is 0 Å². The molecule has 0 heterocycles. The molecule has 0 aliphatic heterocycles. The molecule has 0 spiro atoms. The van der Waals surface area contributed by atoms with Crippen molar-refractivity contribution in [1.29, 1.82) is 0 Å². The number of carbonyl (C=O) groups is 1. The topological polar surface area (TPSA) is 37.3 Å². The first-order valence-corrected chi connectivity index (χ1v) is 3.06. The van der Waals surface area contributed by atoms with Gasteiger partial charge in [0.05, 0.1) is 6.42 Å². The third-order valence-corrected chi connectivity index (χ3v) is 1.24. The first-order valence-electron chi connectivity index (χ1n) is 3.06. The van der Waals surface area contributed by atoms with E-state index < -0.39 is 5.97 Å². The highest BCUT2D eigenvalue weighted by Crippen LogP contribution is 2.04. The molecule has 0 unspecified atom stereocenters. The van der Waals surface area contributed by atoms with Crippen LogP contribution in [0.3, 0.4) is 0 Å². The molecular weight excluding hydrogens is 116 g/mol. The number of hydrogen-bond acceptors (Lipinski definition) is 1. The number of carboxylic acid groups (broad SMARTS) is 1. The largest absolute Gasteiger partial charge is 0.481 e. The van der Waals surface area contributed by atoms with Crippen molar-refractivity contribution in [3.63, 3.8) is 0 Å². The van der Waals surface area contributed by atoms with Crippen molar-refractivity contribution in [3.05, 3.63) is 11.6 Å². The summed E-state index contributed by atoms with van der Waals surface area (Å²) in [5, 5.41) is 8.31. The average molecular weight is 128 g/mol. The third kappa shape index (κ3) is 3.76. The lowest BCUT2D eigenvalue weighted by molar-refractivity contribution is -0.136. The predicted octanol–water partition coefficient (Wildman–Crippen LogP) is 1.82. The summed E-state index contributed by atoms with van der Waals surface area (Å²) in [4.78, 5) is 10.1. The zero-order chi connectivity index (χ0) is 7.28. The van der Waals surface area contributed by atoms with E-state index in [-0.39, 0.29) is 6.42 Å². The van der Waals surface area contributed by atoms with E-state index in [9.17, 15) is 4.79 Å². The Morgan fingerprint density at radius 2 is 2.22 bits per heavy atom. The lowest BCUT2D eigenvalue weighted by atomic mass is 10.1. The molecule has 0 saturated carbocycles. The second kappa shape index (κ2) is 4.13. The molecule has 0 amide bonds. The highest BCUT2D eigenvalue weighted by atomic mass is 16.4. The molecule has 0 atom stereocenters. The van der Waals surface area contributed by atoms with Gasteiger partial charge in [0.2, 0.25) is 0 Å². The van der Waals surface area contributed by atoms with Gasteiger partial charge in [-0.2, -0.15) is 0 Å². The van der Waals surface area contributed by atoms with Crippen molar-refractivity contribution in [2.24, 2.45) is 0 Å². The number of rotatable bonds is 3. The van der Waals surface area contributed by atoms with Gasteiger partial charge in [-0.25, -0.2) is 0 Å². The summed E-state index contributed by atoms with van der Waals surface area (Å²) in [5.74, 6) is -0.745. The molecule has 0 aliphatic carbocycles. The summed E-state index contributed by atoms with van der Waals surface area (Å²) in [6.07, 6.45) is 2.88. The highest BCUT2D eigenvalue weighted by Gasteiger charge is 1.98. The first-order chi connectivity index (χ1) is 4.20. The Kier molecular flexibility index (Phi) is 3.76. The van der Waals surface area contributed by atoms with Crippen LogP contribution in [0.2, 0.25) is 0 Å². The van der Waals surface area contributed by atoms with Crippen LogP contribution in [0, 0.1) is 0 Å². The standard InChI is InChI=1S/C7H12O2/c1-3-6(4-2)5-7(8)9/h3H,4-5H2,1-2H3,(H,8,9)/b6-3+. The molecular formula is C7H12O2. The minimum atomic E-state index is -0.745. The minimum absolute atomic E-state index is 0.188. The lowest BCUT2D eigenvalue weighted by Crippen LogP contribution is -1.95. The molecule has 0 saturated heterocycles. The summed E-state index contributed by atoms with van der Waals surface area (Å²) in [7, 11) is 0. The normalized spacial score (nSPS) is 11.6. The Morgan fingerprint density at radius 1 is 1.67 bits per heavy atom. The maximum Gasteiger partial charge on any atom is 0.307 e. The molecule has 0 radical (unpaired) electrons. The third-order valence-electron chi connectivity index (χ3n) is 1.24. The zero-order valence-electron chi connectivity index (χ0n) is 5.85. The van der Waals surface area contributed by atoms with Crippen LogP contribution in [0.15, 0.2) is 11.6 Å². The fourth-order valence-corrected chi connectivity index (χ4v) is 0.625. The SMILES string of the molecule is C/C=C(\CC)CC(=O)O. The molecule has 0 fully saturated rings. The number of aliphatic carboxylic acids is 1. The smallest absolute Gasteiger partial charge is 0.307 e. The number of allylic oxidation sites excluding steroid dienone is 1. The fourth-order valence-electron chi connectivity index (χ4n) is 0.625. The van der Waals surface area contributed by atoms with E-state index in [1.54, 1.807) is 0 Å². The Balaban J connectivity index is 3.71. The minimum Gasteiger partial charge on any atom is -0.481 e. The van der Waals surface area contributed by atoms with Crippen LogP contribution in [-0.4, -0.2) is 11.1 Å². The van der Waals surface area contributed by atoms with Crippen molar-refractivity contribution < 1.29 is 9.90 Å².